The molecule has 1 heterocycles. The van der Waals surface area contributed by atoms with Crippen LogP contribution in [-0.2, 0) is 11.3 Å². The number of benzene rings is 2. The van der Waals surface area contributed by atoms with Crippen molar-refractivity contribution in [3.63, 3.8) is 0 Å². The van der Waals surface area contributed by atoms with Crippen LogP contribution in [0, 0.1) is 18.7 Å². The van der Waals surface area contributed by atoms with Crippen LogP contribution in [0.1, 0.15) is 54.1 Å². The normalized spacial score (nSPS) is 19.6. The number of hydrogen-bond acceptors (Lipinski definition) is 3. The Labute approximate surface area is 199 Å². The maximum Gasteiger partial charge on any atom is 0.255 e. The molecule has 2 fully saturated rings. The van der Waals surface area contributed by atoms with Gasteiger partial charge < -0.3 is 10.2 Å². The van der Waals surface area contributed by atoms with Gasteiger partial charge in [-0.25, -0.2) is 4.39 Å². The van der Waals surface area contributed by atoms with E-state index in [-0.39, 0.29) is 23.7 Å². The van der Waals surface area contributed by atoms with Crippen molar-refractivity contribution in [1.29, 1.82) is 0 Å². The van der Waals surface area contributed by atoms with E-state index in [1.165, 1.54) is 12.1 Å². The van der Waals surface area contributed by atoms with Crippen LogP contribution in [0.3, 0.4) is 0 Å². The molecule has 0 radical (unpaired) electrons. The van der Waals surface area contributed by atoms with Crippen molar-refractivity contribution in [2.24, 2.45) is 5.92 Å². The van der Waals surface area contributed by atoms with Crippen molar-refractivity contribution >= 4 is 29.1 Å². The van der Waals surface area contributed by atoms with Gasteiger partial charge in [0.05, 0.1) is 0 Å². The second-order valence-electron chi connectivity index (χ2n) is 9.30. The minimum absolute atomic E-state index is 0.129. The molecule has 5 nitrogen and oxygen atoms in total. The summed E-state index contributed by atoms with van der Waals surface area (Å²) in [6.07, 6.45) is 4.33. The molecule has 1 N–H and O–H groups in total. The fourth-order valence-electron chi connectivity index (χ4n) is 4.98. The maximum absolute atomic E-state index is 14.4. The number of piperazine rings is 1. The predicted molar refractivity (Wildman–Crippen MR) is 129 cm³/mol. The van der Waals surface area contributed by atoms with Gasteiger partial charge in [-0.05, 0) is 74.2 Å². The largest absolute Gasteiger partial charge is 0.337 e. The van der Waals surface area contributed by atoms with Gasteiger partial charge in [-0.2, -0.15) is 0 Å². The van der Waals surface area contributed by atoms with Gasteiger partial charge in [0, 0.05) is 54.4 Å². The van der Waals surface area contributed by atoms with Gasteiger partial charge in [0.2, 0.25) is 5.91 Å². The van der Waals surface area contributed by atoms with E-state index in [9.17, 15) is 14.0 Å². The summed E-state index contributed by atoms with van der Waals surface area (Å²) in [6.45, 7) is 6.77. The highest BCUT2D eigenvalue weighted by molar-refractivity contribution is 6.30. The lowest BCUT2D eigenvalue weighted by Crippen LogP contribution is -2.54. The van der Waals surface area contributed by atoms with E-state index < -0.39 is 0 Å². The average Bonchev–Trinajstić information content (AvgIpc) is 3.32. The van der Waals surface area contributed by atoms with Crippen LogP contribution in [0.25, 0.3) is 0 Å². The highest BCUT2D eigenvalue weighted by atomic mass is 35.5. The van der Waals surface area contributed by atoms with Crippen LogP contribution in [0.5, 0.6) is 0 Å². The number of carbonyl (C=O) groups excluding carboxylic acids is 2. The molecule has 2 aromatic carbocycles. The van der Waals surface area contributed by atoms with Crippen molar-refractivity contribution in [2.75, 3.05) is 25.0 Å². The van der Waals surface area contributed by atoms with Gasteiger partial charge in [-0.15, -0.1) is 0 Å². The third-order valence-electron chi connectivity index (χ3n) is 6.93. The first-order chi connectivity index (χ1) is 15.8. The van der Waals surface area contributed by atoms with Gasteiger partial charge in [0.25, 0.3) is 5.91 Å². The van der Waals surface area contributed by atoms with E-state index in [1.807, 2.05) is 11.8 Å². The van der Waals surface area contributed by atoms with Crippen LogP contribution >= 0.6 is 11.6 Å². The van der Waals surface area contributed by atoms with Gasteiger partial charge >= 0.3 is 0 Å². The highest BCUT2D eigenvalue weighted by Crippen LogP contribution is 2.29. The summed E-state index contributed by atoms with van der Waals surface area (Å²) in [5.74, 6) is -0.200. The van der Waals surface area contributed by atoms with Gasteiger partial charge in [0.1, 0.15) is 5.82 Å². The molecule has 2 aliphatic rings. The van der Waals surface area contributed by atoms with Crippen molar-refractivity contribution in [2.45, 2.75) is 52.1 Å². The molecule has 1 saturated carbocycles. The maximum atomic E-state index is 14.4. The fraction of sp³-hybridized carbons (Fsp3) is 0.462. The van der Waals surface area contributed by atoms with Gasteiger partial charge in [-0.3, -0.25) is 14.5 Å². The summed E-state index contributed by atoms with van der Waals surface area (Å²) >= 11 is 5.90. The minimum atomic E-state index is -0.384. The third kappa shape index (κ3) is 5.56. The molecular formula is C26H31ClFN3O2. The molecule has 1 unspecified atom stereocenters. The molecule has 0 bridgehead atoms. The lowest BCUT2D eigenvalue weighted by atomic mass is 10.0. The van der Waals surface area contributed by atoms with E-state index in [0.29, 0.717) is 35.3 Å². The van der Waals surface area contributed by atoms with Gasteiger partial charge in [-0.1, -0.05) is 24.4 Å². The zero-order valence-corrected chi connectivity index (χ0v) is 20.0. The number of halogens is 2. The monoisotopic (exact) mass is 471 g/mol. The van der Waals surface area contributed by atoms with E-state index in [4.69, 9.17) is 11.6 Å². The van der Waals surface area contributed by atoms with Crippen LogP contribution in [-0.4, -0.2) is 47.3 Å². The number of rotatable bonds is 5. The molecule has 2 amide bonds. The van der Waals surface area contributed by atoms with Crippen LogP contribution in [0.15, 0.2) is 36.4 Å². The number of hydrogen-bond donors (Lipinski definition) is 1. The average molecular weight is 472 g/mol. The fourth-order valence-corrected chi connectivity index (χ4v) is 5.10. The number of carbonyl (C=O) groups is 2. The summed E-state index contributed by atoms with van der Waals surface area (Å²) in [4.78, 5) is 29.8. The summed E-state index contributed by atoms with van der Waals surface area (Å²) in [5, 5.41) is 3.38. The first-order valence-corrected chi connectivity index (χ1v) is 12.1. The Morgan fingerprint density at radius 2 is 1.82 bits per heavy atom. The number of amides is 2. The topological polar surface area (TPSA) is 52.6 Å². The summed E-state index contributed by atoms with van der Waals surface area (Å²) < 4.78 is 14.4. The molecule has 176 valence electrons. The second kappa shape index (κ2) is 10.2. The summed E-state index contributed by atoms with van der Waals surface area (Å²) in [7, 11) is 0. The van der Waals surface area contributed by atoms with Crippen LogP contribution in [0.4, 0.5) is 10.1 Å². The minimum Gasteiger partial charge on any atom is -0.337 e. The Balaban J connectivity index is 1.42. The molecule has 1 saturated heterocycles. The first-order valence-electron chi connectivity index (χ1n) is 11.7. The molecule has 0 aromatic heterocycles. The third-order valence-corrected chi connectivity index (χ3v) is 7.18. The molecule has 33 heavy (non-hydrogen) atoms. The van der Waals surface area contributed by atoms with Crippen molar-refractivity contribution in [1.82, 2.24) is 9.80 Å². The predicted octanol–water partition coefficient (Wildman–Crippen LogP) is 5.26. The second-order valence-corrected chi connectivity index (χ2v) is 9.73. The van der Waals surface area contributed by atoms with Crippen LogP contribution in [0.2, 0.25) is 5.02 Å². The Bertz CT molecular complexity index is 1020. The highest BCUT2D eigenvalue weighted by Gasteiger charge is 2.33. The number of nitrogens with zero attached hydrogens (tertiary/aromatic N) is 2. The number of nitrogens with one attached hydrogen (secondary N) is 1. The Morgan fingerprint density at radius 1 is 1.12 bits per heavy atom. The van der Waals surface area contributed by atoms with Crippen molar-refractivity contribution in [3.05, 3.63) is 63.9 Å². The molecule has 4 rings (SSSR count). The Hall–Kier alpha value is -2.44. The molecule has 1 aliphatic carbocycles. The lowest BCUT2D eigenvalue weighted by Gasteiger charge is -2.41. The molecule has 0 spiro atoms. The van der Waals surface area contributed by atoms with E-state index in [0.717, 1.165) is 49.9 Å². The summed E-state index contributed by atoms with van der Waals surface area (Å²) in [5.41, 5.74) is 2.61. The number of anilines is 1. The van der Waals surface area contributed by atoms with Crippen molar-refractivity contribution in [3.8, 4) is 0 Å². The molecule has 7 heteroatoms. The van der Waals surface area contributed by atoms with Crippen molar-refractivity contribution < 1.29 is 14.0 Å². The smallest absolute Gasteiger partial charge is 0.255 e. The standard InChI is InChI=1S/C26H31ClFN3O2/c1-17-15-30(11-12-31(17)26(33)20-5-3-4-6-20)16-21-13-23(28)14-24(18(21)2)29-25(32)19-7-9-22(27)10-8-19/h7-10,13-14,17,20H,3-6,11-12,15-16H2,1-2H3,(H,29,32). The van der Waals surface area contributed by atoms with E-state index in [1.54, 1.807) is 24.3 Å². The quantitative estimate of drug-likeness (QED) is 0.646. The lowest BCUT2D eigenvalue weighted by molar-refractivity contribution is -0.140. The van der Waals surface area contributed by atoms with Gasteiger partial charge in [0.15, 0.2) is 0 Å². The SMILES string of the molecule is Cc1c(CN2CCN(C(=O)C3CCCC3)C(C)C2)cc(F)cc1NC(=O)c1ccc(Cl)cc1. The zero-order chi connectivity index (χ0) is 23.5. The van der Waals surface area contributed by atoms with Crippen LogP contribution < -0.4 is 5.32 Å². The molecule has 1 aliphatic heterocycles. The Kier molecular flexibility index (Phi) is 7.35. The Morgan fingerprint density at radius 3 is 2.48 bits per heavy atom. The molecule has 1 atom stereocenters. The summed E-state index contributed by atoms with van der Waals surface area (Å²) in [6, 6.07) is 9.60. The zero-order valence-electron chi connectivity index (χ0n) is 19.2. The molecular weight excluding hydrogens is 441 g/mol. The molecule has 2 aromatic rings. The van der Waals surface area contributed by atoms with E-state index >= 15 is 0 Å². The van der Waals surface area contributed by atoms with E-state index in [2.05, 4.69) is 17.1 Å². The first kappa shape index (κ1) is 23.7.